The molecule has 1 fully saturated rings. The summed E-state index contributed by atoms with van der Waals surface area (Å²) in [5, 5.41) is 6.31. The molecule has 1 saturated heterocycles. The van der Waals surface area contributed by atoms with Gasteiger partial charge in [-0.25, -0.2) is 4.98 Å². The van der Waals surface area contributed by atoms with Crippen LogP contribution in [0, 0.1) is 6.92 Å². The SMILES string of the molecule is CNC1CCN(C(=O)c2cccc(OCc3csc(C)n3)c2)CC1. The van der Waals surface area contributed by atoms with Gasteiger partial charge in [-0.05, 0) is 45.0 Å². The average Bonchev–Trinajstić information content (AvgIpc) is 3.05. The van der Waals surface area contributed by atoms with Crippen molar-refractivity contribution in [2.75, 3.05) is 20.1 Å². The van der Waals surface area contributed by atoms with Gasteiger partial charge in [0.2, 0.25) is 0 Å². The van der Waals surface area contributed by atoms with Gasteiger partial charge < -0.3 is 15.0 Å². The third kappa shape index (κ3) is 4.13. The van der Waals surface area contributed by atoms with Crippen molar-refractivity contribution in [3.8, 4) is 5.75 Å². The van der Waals surface area contributed by atoms with Crippen LogP contribution in [-0.2, 0) is 6.61 Å². The van der Waals surface area contributed by atoms with Crippen LogP contribution in [0.25, 0.3) is 0 Å². The minimum Gasteiger partial charge on any atom is -0.487 e. The predicted molar refractivity (Wildman–Crippen MR) is 95.6 cm³/mol. The molecule has 1 N–H and O–H groups in total. The van der Waals surface area contributed by atoms with Crippen LogP contribution in [0.5, 0.6) is 5.75 Å². The number of thiazole rings is 1. The Morgan fingerprint density at radius 1 is 1.42 bits per heavy atom. The maximum Gasteiger partial charge on any atom is 0.253 e. The summed E-state index contributed by atoms with van der Waals surface area (Å²) in [6, 6.07) is 7.95. The Balaban J connectivity index is 1.61. The van der Waals surface area contributed by atoms with Crippen LogP contribution in [0.1, 0.15) is 33.9 Å². The lowest BCUT2D eigenvalue weighted by atomic mass is 10.0. The lowest BCUT2D eigenvalue weighted by molar-refractivity contribution is 0.0707. The van der Waals surface area contributed by atoms with Crippen LogP contribution in [-0.4, -0.2) is 42.0 Å². The van der Waals surface area contributed by atoms with Crippen molar-refractivity contribution in [3.63, 3.8) is 0 Å². The van der Waals surface area contributed by atoms with Crippen molar-refractivity contribution in [3.05, 3.63) is 45.9 Å². The number of rotatable bonds is 5. The molecule has 128 valence electrons. The Morgan fingerprint density at radius 3 is 2.88 bits per heavy atom. The number of ether oxygens (including phenoxy) is 1. The topological polar surface area (TPSA) is 54.5 Å². The molecule has 2 aromatic rings. The lowest BCUT2D eigenvalue weighted by Crippen LogP contribution is -2.43. The summed E-state index contributed by atoms with van der Waals surface area (Å²) >= 11 is 1.61. The Kier molecular flexibility index (Phi) is 5.48. The number of aromatic nitrogens is 1. The molecule has 24 heavy (non-hydrogen) atoms. The highest BCUT2D eigenvalue weighted by molar-refractivity contribution is 7.09. The van der Waals surface area contributed by atoms with E-state index in [9.17, 15) is 4.79 Å². The molecule has 0 bridgehead atoms. The van der Waals surface area contributed by atoms with Crippen LogP contribution in [0.2, 0.25) is 0 Å². The number of nitrogens with zero attached hydrogens (tertiary/aromatic N) is 2. The highest BCUT2D eigenvalue weighted by Gasteiger charge is 2.22. The van der Waals surface area contributed by atoms with Gasteiger partial charge in [0.15, 0.2) is 0 Å². The second kappa shape index (κ2) is 7.77. The standard InChI is InChI=1S/C18H23N3O2S/c1-13-20-16(12-24-13)11-23-17-5-3-4-14(10-17)18(22)21-8-6-15(19-2)7-9-21/h3-5,10,12,15,19H,6-9,11H2,1-2H3. The predicted octanol–water partition coefficient (Wildman–Crippen LogP) is 2.85. The van der Waals surface area contributed by atoms with Crippen molar-refractivity contribution in [1.82, 2.24) is 15.2 Å². The molecule has 6 heteroatoms. The first kappa shape index (κ1) is 16.9. The molecule has 1 aromatic carbocycles. The zero-order chi connectivity index (χ0) is 16.9. The molecule has 2 heterocycles. The first-order valence-electron chi connectivity index (χ1n) is 8.26. The fraction of sp³-hybridized carbons (Fsp3) is 0.444. The maximum atomic E-state index is 12.7. The lowest BCUT2D eigenvalue weighted by Gasteiger charge is -2.31. The normalized spacial score (nSPS) is 15.5. The second-order valence-corrected chi connectivity index (χ2v) is 7.09. The van der Waals surface area contributed by atoms with E-state index in [1.54, 1.807) is 11.3 Å². The number of amides is 1. The third-order valence-corrected chi connectivity index (χ3v) is 5.15. The fourth-order valence-corrected chi connectivity index (χ4v) is 3.50. The van der Waals surface area contributed by atoms with Gasteiger partial charge in [0.25, 0.3) is 5.91 Å². The molecular formula is C18H23N3O2S. The number of hydrogen-bond donors (Lipinski definition) is 1. The largest absolute Gasteiger partial charge is 0.487 e. The smallest absolute Gasteiger partial charge is 0.253 e. The van der Waals surface area contributed by atoms with Gasteiger partial charge in [-0.3, -0.25) is 4.79 Å². The first-order valence-corrected chi connectivity index (χ1v) is 9.14. The summed E-state index contributed by atoms with van der Waals surface area (Å²) in [7, 11) is 1.98. The van der Waals surface area contributed by atoms with Gasteiger partial charge in [-0.15, -0.1) is 11.3 Å². The molecule has 1 aromatic heterocycles. The van der Waals surface area contributed by atoms with Gasteiger partial charge in [0.1, 0.15) is 12.4 Å². The van der Waals surface area contributed by atoms with Gasteiger partial charge in [-0.2, -0.15) is 0 Å². The molecule has 1 aliphatic heterocycles. The van der Waals surface area contributed by atoms with Gasteiger partial charge in [0, 0.05) is 30.1 Å². The molecule has 0 atom stereocenters. The number of nitrogens with one attached hydrogen (secondary N) is 1. The number of likely N-dealkylation sites (tertiary alicyclic amines) is 1. The number of benzene rings is 1. The Morgan fingerprint density at radius 2 is 2.21 bits per heavy atom. The van der Waals surface area contributed by atoms with Crippen LogP contribution < -0.4 is 10.1 Å². The van der Waals surface area contributed by atoms with E-state index in [1.807, 2.05) is 48.5 Å². The zero-order valence-electron chi connectivity index (χ0n) is 14.1. The van der Waals surface area contributed by atoms with E-state index < -0.39 is 0 Å². The minimum absolute atomic E-state index is 0.0829. The number of carbonyl (C=O) groups is 1. The molecule has 0 spiro atoms. The summed E-state index contributed by atoms with van der Waals surface area (Å²) in [6.07, 6.45) is 2.00. The highest BCUT2D eigenvalue weighted by Crippen LogP contribution is 2.19. The van der Waals surface area contributed by atoms with E-state index >= 15 is 0 Å². The summed E-state index contributed by atoms with van der Waals surface area (Å²) in [6.45, 7) is 4.00. The minimum atomic E-state index is 0.0829. The highest BCUT2D eigenvalue weighted by atomic mass is 32.1. The number of carbonyl (C=O) groups excluding carboxylic acids is 1. The zero-order valence-corrected chi connectivity index (χ0v) is 14.9. The van der Waals surface area contributed by atoms with E-state index in [1.165, 1.54) is 0 Å². The van der Waals surface area contributed by atoms with Gasteiger partial charge in [0.05, 0.1) is 10.7 Å². The van der Waals surface area contributed by atoms with E-state index in [0.29, 0.717) is 24.0 Å². The molecule has 5 nitrogen and oxygen atoms in total. The number of piperidine rings is 1. The van der Waals surface area contributed by atoms with E-state index in [-0.39, 0.29) is 5.91 Å². The molecule has 0 saturated carbocycles. The van der Waals surface area contributed by atoms with Crippen LogP contribution in [0.15, 0.2) is 29.6 Å². The van der Waals surface area contributed by atoms with Gasteiger partial charge >= 0.3 is 0 Å². The monoisotopic (exact) mass is 345 g/mol. The Bertz CT molecular complexity index is 693. The third-order valence-electron chi connectivity index (χ3n) is 4.32. The molecular weight excluding hydrogens is 322 g/mol. The van der Waals surface area contributed by atoms with Crippen LogP contribution >= 0.6 is 11.3 Å². The van der Waals surface area contributed by atoms with Crippen molar-refractivity contribution >= 4 is 17.2 Å². The molecule has 1 aliphatic rings. The molecule has 0 radical (unpaired) electrons. The van der Waals surface area contributed by atoms with Crippen molar-refractivity contribution < 1.29 is 9.53 Å². The van der Waals surface area contributed by atoms with Crippen molar-refractivity contribution in [2.24, 2.45) is 0 Å². The van der Waals surface area contributed by atoms with Crippen LogP contribution in [0.4, 0.5) is 0 Å². The average molecular weight is 345 g/mol. The van der Waals surface area contributed by atoms with Crippen LogP contribution in [0.3, 0.4) is 0 Å². The van der Waals surface area contributed by atoms with Crippen molar-refractivity contribution in [2.45, 2.75) is 32.4 Å². The first-order chi connectivity index (χ1) is 11.7. The Hall–Kier alpha value is -1.92. The molecule has 3 rings (SSSR count). The second-order valence-electron chi connectivity index (χ2n) is 6.03. The summed E-state index contributed by atoms with van der Waals surface area (Å²) in [5.41, 5.74) is 1.60. The van der Waals surface area contributed by atoms with Crippen molar-refractivity contribution in [1.29, 1.82) is 0 Å². The molecule has 1 amide bonds. The maximum absolute atomic E-state index is 12.7. The summed E-state index contributed by atoms with van der Waals surface area (Å²) < 4.78 is 5.78. The molecule has 0 aliphatic carbocycles. The Labute approximate surface area is 146 Å². The number of aryl methyl sites for hydroxylation is 1. The quantitative estimate of drug-likeness (QED) is 0.905. The molecule has 0 unspecified atom stereocenters. The van der Waals surface area contributed by atoms with Gasteiger partial charge in [-0.1, -0.05) is 6.07 Å². The van der Waals surface area contributed by atoms with E-state index in [0.717, 1.165) is 36.6 Å². The fourth-order valence-electron chi connectivity index (χ4n) is 2.90. The van der Waals surface area contributed by atoms with E-state index in [2.05, 4.69) is 10.3 Å². The van der Waals surface area contributed by atoms with E-state index in [4.69, 9.17) is 4.74 Å². The summed E-state index contributed by atoms with van der Waals surface area (Å²) in [4.78, 5) is 19.0. The number of hydrogen-bond acceptors (Lipinski definition) is 5. The summed E-state index contributed by atoms with van der Waals surface area (Å²) in [5.74, 6) is 0.788.